The Morgan fingerprint density at radius 2 is 1.95 bits per heavy atom. The molecule has 2 aromatic rings. The Bertz CT molecular complexity index is 589. The zero-order chi connectivity index (χ0) is 14.7. The summed E-state index contributed by atoms with van der Waals surface area (Å²) >= 11 is 6.41. The Morgan fingerprint density at radius 3 is 2.60 bits per heavy atom. The van der Waals surface area contributed by atoms with Crippen molar-refractivity contribution >= 4 is 17.3 Å². The number of hydrogen-bond donors (Lipinski definition) is 0. The third-order valence-electron chi connectivity index (χ3n) is 3.54. The fourth-order valence-corrected chi connectivity index (χ4v) is 2.84. The average Bonchev–Trinajstić information content (AvgIpc) is 2.88. The Hall–Kier alpha value is -1.48. The second-order valence-electron chi connectivity index (χ2n) is 4.89. The summed E-state index contributed by atoms with van der Waals surface area (Å²) in [5.74, 6) is 0. The van der Waals surface area contributed by atoms with Gasteiger partial charge in [0.05, 0.1) is 11.2 Å². The van der Waals surface area contributed by atoms with Gasteiger partial charge in [0.25, 0.3) is 0 Å². The maximum atomic E-state index is 6.41. The van der Waals surface area contributed by atoms with Crippen LogP contribution in [0.3, 0.4) is 0 Å². The third kappa shape index (κ3) is 2.83. The van der Waals surface area contributed by atoms with E-state index in [1.807, 2.05) is 33.3 Å². The van der Waals surface area contributed by atoms with Gasteiger partial charge in [0, 0.05) is 43.7 Å². The Kier molecular flexibility index (Phi) is 4.71. The van der Waals surface area contributed by atoms with E-state index in [4.69, 9.17) is 11.6 Å². The van der Waals surface area contributed by atoms with Crippen molar-refractivity contribution in [2.24, 2.45) is 7.05 Å². The molecule has 0 unspecified atom stereocenters. The minimum absolute atomic E-state index is 0.801. The molecule has 2 heterocycles. The van der Waals surface area contributed by atoms with E-state index < -0.39 is 0 Å². The highest BCUT2D eigenvalue weighted by atomic mass is 35.5. The Labute approximate surface area is 126 Å². The smallest absolute Gasteiger partial charge is 0.0568 e. The summed E-state index contributed by atoms with van der Waals surface area (Å²) in [7, 11) is 4.04. The van der Waals surface area contributed by atoms with Gasteiger partial charge in [0.1, 0.15) is 0 Å². The van der Waals surface area contributed by atoms with Crippen LogP contribution in [0.4, 0.5) is 5.69 Å². The van der Waals surface area contributed by atoms with E-state index in [0.717, 1.165) is 29.1 Å². The first-order valence-corrected chi connectivity index (χ1v) is 7.55. The van der Waals surface area contributed by atoms with E-state index in [1.54, 1.807) is 4.68 Å². The number of nitrogens with zero attached hydrogens (tertiary/aromatic N) is 3. The number of rotatable bonds is 1. The molecular formula is C16H22ClN3. The van der Waals surface area contributed by atoms with Crippen molar-refractivity contribution in [3.05, 3.63) is 35.1 Å². The normalized spacial score (nSPS) is 13.6. The summed E-state index contributed by atoms with van der Waals surface area (Å²) in [6, 6.07) is 4.29. The van der Waals surface area contributed by atoms with Crippen LogP contribution in [0.1, 0.15) is 25.8 Å². The molecule has 0 fully saturated rings. The number of aromatic nitrogens is 2. The van der Waals surface area contributed by atoms with Gasteiger partial charge in [0.15, 0.2) is 0 Å². The van der Waals surface area contributed by atoms with Gasteiger partial charge in [-0.1, -0.05) is 25.4 Å². The van der Waals surface area contributed by atoms with Crippen LogP contribution in [-0.4, -0.2) is 23.4 Å². The van der Waals surface area contributed by atoms with Crippen molar-refractivity contribution < 1.29 is 0 Å². The summed E-state index contributed by atoms with van der Waals surface area (Å²) in [6.45, 7) is 5.11. The molecule has 3 nitrogen and oxygen atoms in total. The topological polar surface area (TPSA) is 21.1 Å². The minimum Gasteiger partial charge on any atom is -0.374 e. The summed E-state index contributed by atoms with van der Waals surface area (Å²) in [5, 5.41) is 5.01. The van der Waals surface area contributed by atoms with Crippen molar-refractivity contribution in [1.29, 1.82) is 0 Å². The standard InChI is InChI=1S/C14H16ClN3.C2H6/c1-17-5-3-4-10-6-12(13(15)7-14(10)17)11-8-16-18(2)9-11;1-2/h6-9H,3-5H2,1-2H3;1-2H3. The van der Waals surface area contributed by atoms with Gasteiger partial charge in [-0.2, -0.15) is 5.10 Å². The molecule has 0 radical (unpaired) electrons. The van der Waals surface area contributed by atoms with Gasteiger partial charge in [-0.15, -0.1) is 0 Å². The second-order valence-corrected chi connectivity index (χ2v) is 5.30. The highest BCUT2D eigenvalue weighted by Gasteiger charge is 2.17. The second kappa shape index (κ2) is 6.31. The highest BCUT2D eigenvalue weighted by Crippen LogP contribution is 2.36. The van der Waals surface area contributed by atoms with Gasteiger partial charge in [-0.05, 0) is 30.5 Å². The fraction of sp³-hybridized carbons (Fsp3) is 0.438. The van der Waals surface area contributed by atoms with E-state index >= 15 is 0 Å². The molecule has 1 aliphatic rings. The number of halogens is 1. The first-order chi connectivity index (χ1) is 9.65. The maximum absolute atomic E-state index is 6.41. The van der Waals surface area contributed by atoms with Crippen LogP contribution in [0.2, 0.25) is 5.02 Å². The molecule has 3 rings (SSSR count). The summed E-state index contributed by atoms with van der Waals surface area (Å²) in [6.07, 6.45) is 6.20. The summed E-state index contributed by atoms with van der Waals surface area (Å²) < 4.78 is 1.80. The highest BCUT2D eigenvalue weighted by molar-refractivity contribution is 6.33. The van der Waals surface area contributed by atoms with E-state index in [0.29, 0.717) is 0 Å². The predicted molar refractivity (Wildman–Crippen MR) is 86.6 cm³/mol. The number of hydrogen-bond acceptors (Lipinski definition) is 2. The van der Waals surface area contributed by atoms with Gasteiger partial charge < -0.3 is 4.90 Å². The minimum atomic E-state index is 0.801. The van der Waals surface area contributed by atoms with Crippen LogP contribution in [0, 0.1) is 0 Å². The van der Waals surface area contributed by atoms with E-state index in [1.165, 1.54) is 17.7 Å². The lowest BCUT2D eigenvalue weighted by Gasteiger charge is -2.28. The monoisotopic (exact) mass is 291 g/mol. The van der Waals surface area contributed by atoms with E-state index in [-0.39, 0.29) is 0 Å². The van der Waals surface area contributed by atoms with Crippen molar-refractivity contribution in [2.45, 2.75) is 26.7 Å². The summed E-state index contributed by atoms with van der Waals surface area (Å²) in [4.78, 5) is 2.28. The lowest BCUT2D eigenvalue weighted by atomic mass is 9.97. The molecule has 0 bridgehead atoms. The van der Waals surface area contributed by atoms with Gasteiger partial charge in [-0.25, -0.2) is 0 Å². The lowest BCUT2D eigenvalue weighted by molar-refractivity contribution is 0.745. The van der Waals surface area contributed by atoms with Crippen LogP contribution in [0.5, 0.6) is 0 Å². The largest absolute Gasteiger partial charge is 0.374 e. The molecule has 0 saturated heterocycles. The number of fused-ring (bicyclic) bond motifs is 1. The van der Waals surface area contributed by atoms with E-state index in [9.17, 15) is 0 Å². The Morgan fingerprint density at radius 1 is 1.20 bits per heavy atom. The zero-order valence-electron chi connectivity index (χ0n) is 12.7. The van der Waals surface area contributed by atoms with Crippen molar-refractivity contribution in [2.75, 3.05) is 18.5 Å². The lowest BCUT2D eigenvalue weighted by Crippen LogP contribution is -2.24. The molecule has 20 heavy (non-hydrogen) atoms. The molecule has 4 heteroatoms. The maximum Gasteiger partial charge on any atom is 0.0568 e. The number of benzene rings is 1. The Balaban J connectivity index is 0.000000704. The van der Waals surface area contributed by atoms with Crippen molar-refractivity contribution in [1.82, 2.24) is 9.78 Å². The molecule has 0 atom stereocenters. The van der Waals surface area contributed by atoms with Crippen LogP contribution in [0.15, 0.2) is 24.5 Å². The van der Waals surface area contributed by atoms with Crippen molar-refractivity contribution in [3.8, 4) is 11.1 Å². The van der Waals surface area contributed by atoms with Crippen LogP contribution in [0.25, 0.3) is 11.1 Å². The van der Waals surface area contributed by atoms with Crippen LogP contribution < -0.4 is 4.90 Å². The fourth-order valence-electron chi connectivity index (χ4n) is 2.57. The molecule has 1 aromatic heterocycles. The van der Waals surface area contributed by atoms with Gasteiger partial charge >= 0.3 is 0 Å². The number of aryl methyl sites for hydroxylation is 2. The zero-order valence-corrected chi connectivity index (χ0v) is 13.4. The summed E-state index contributed by atoms with van der Waals surface area (Å²) in [5.41, 5.74) is 4.81. The first kappa shape index (κ1) is 14.9. The molecule has 108 valence electrons. The third-order valence-corrected chi connectivity index (χ3v) is 3.85. The van der Waals surface area contributed by atoms with Crippen LogP contribution >= 0.6 is 11.6 Å². The van der Waals surface area contributed by atoms with Gasteiger partial charge in [-0.3, -0.25) is 4.68 Å². The quantitative estimate of drug-likeness (QED) is 0.787. The molecule has 1 aromatic carbocycles. The molecule has 1 aliphatic heterocycles. The molecule has 0 aliphatic carbocycles. The molecule has 0 saturated carbocycles. The molecule has 0 amide bonds. The van der Waals surface area contributed by atoms with Crippen LogP contribution in [-0.2, 0) is 13.5 Å². The molecule has 0 N–H and O–H groups in total. The molecular weight excluding hydrogens is 270 g/mol. The SMILES string of the molecule is CC.CN1CCCc2cc(-c3cnn(C)c3)c(Cl)cc21. The first-order valence-electron chi connectivity index (χ1n) is 7.18. The van der Waals surface area contributed by atoms with E-state index in [2.05, 4.69) is 29.2 Å². The number of anilines is 1. The predicted octanol–water partition coefficient (Wildman–Crippen LogP) is 4.15. The van der Waals surface area contributed by atoms with Crippen molar-refractivity contribution in [3.63, 3.8) is 0 Å². The average molecular weight is 292 g/mol. The van der Waals surface area contributed by atoms with Gasteiger partial charge in [0.2, 0.25) is 0 Å². The molecule has 0 spiro atoms.